The van der Waals surface area contributed by atoms with Gasteiger partial charge in [-0.05, 0) is 24.3 Å². The summed E-state index contributed by atoms with van der Waals surface area (Å²) in [4.78, 5) is 17.5. The molecule has 7 heteroatoms. The summed E-state index contributed by atoms with van der Waals surface area (Å²) in [5.74, 6) is 1.86. The Balaban J connectivity index is 1.68. The molecule has 0 radical (unpaired) electrons. The topological polar surface area (TPSA) is 88.8 Å². The minimum Gasteiger partial charge on any atom is -0.467 e. The van der Waals surface area contributed by atoms with Gasteiger partial charge in [0.1, 0.15) is 5.76 Å². The van der Waals surface area contributed by atoms with Gasteiger partial charge in [-0.25, -0.2) is 9.97 Å². The molecule has 4 rings (SSSR count). The monoisotopic (exact) mass is 318 g/mol. The van der Waals surface area contributed by atoms with E-state index >= 15 is 0 Å². The number of hydrogen-bond donors (Lipinski definition) is 2. The van der Waals surface area contributed by atoms with Crippen molar-refractivity contribution in [3.8, 4) is 0 Å². The van der Waals surface area contributed by atoms with Crippen LogP contribution in [0.1, 0.15) is 5.76 Å². The van der Waals surface area contributed by atoms with Crippen molar-refractivity contribution in [2.45, 2.75) is 6.54 Å². The second-order valence-corrected chi connectivity index (χ2v) is 5.05. The minimum absolute atomic E-state index is 0.456. The molecule has 0 aliphatic heterocycles. The first kappa shape index (κ1) is 14.1. The number of fused-ring (bicyclic) bond motifs is 1. The van der Waals surface area contributed by atoms with E-state index in [0.29, 0.717) is 29.5 Å². The maximum absolute atomic E-state index is 5.31. The van der Waals surface area contributed by atoms with Crippen LogP contribution in [0.15, 0.2) is 65.5 Å². The Morgan fingerprint density at radius 3 is 2.62 bits per heavy atom. The molecule has 0 fully saturated rings. The normalized spacial score (nSPS) is 10.7. The van der Waals surface area contributed by atoms with Crippen LogP contribution in [0.2, 0.25) is 0 Å². The quantitative estimate of drug-likeness (QED) is 0.583. The average Bonchev–Trinajstić information content (AvgIpc) is 3.14. The third kappa shape index (κ3) is 3.00. The first-order valence-electron chi connectivity index (χ1n) is 7.45. The summed E-state index contributed by atoms with van der Waals surface area (Å²) in [5, 5.41) is 6.41. The molecule has 0 atom stereocenters. The molecule has 3 aromatic heterocycles. The van der Waals surface area contributed by atoms with E-state index in [-0.39, 0.29) is 0 Å². The van der Waals surface area contributed by atoms with E-state index in [9.17, 15) is 0 Å². The number of hydrogen-bond acceptors (Lipinski definition) is 7. The van der Waals surface area contributed by atoms with Crippen LogP contribution in [0.3, 0.4) is 0 Å². The lowest BCUT2D eigenvalue weighted by Crippen LogP contribution is -2.06. The molecule has 0 saturated heterocycles. The van der Waals surface area contributed by atoms with Crippen LogP contribution in [-0.2, 0) is 6.54 Å². The summed E-state index contributed by atoms with van der Waals surface area (Å²) in [6.07, 6.45) is 4.86. The minimum atomic E-state index is 0.456. The van der Waals surface area contributed by atoms with E-state index in [4.69, 9.17) is 4.42 Å². The van der Waals surface area contributed by atoms with Crippen LogP contribution in [0, 0.1) is 0 Å². The smallest absolute Gasteiger partial charge is 0.227 e. The highest BCUT2D eigenvalue weighted by Gasteiger charge is 2.10. The number of anilines is 3. The van der Waals surface area contributed by atoms with Gasteiger partial charge < -0.3 is 15.1 Å². The summed E-state index contributed by atoms with van der Waals surface area (Å²) in [7, 11) is 0. The van der Waals surface area contributed by atoms with Gasteiger partial charge >= 0.3 is 0 Å². The molecule has 3 heterocycles. The molecule has 0 saturated carbocycles. The van der Waals surface area contributed by atoms with Gasteiger partial charge in [0.15, 0.2) is 17.0 Å². The standard InChI is InChI=1S/C17H14N6O/c1-2-5-12(6-3-1)21-16-14-15(19-9-8-18-14)22-17(23-16)20-11-13-7-4-10-24-13/h1-10H,11H2,(H2,19,20,21,22,23). The number of aromatic nitrogens is 4. The molecular weight excluding hydrogens is 304 g/mol. The Morgan fingerprint density at radius 2 is 1.79 bits per heavy atom. The highest BCUT2D eigenvalue weighted by molar-refractivity contribution is 5.85. The van der Waals surface area contributed by atoms with Gasteiger partial charge in [0.2, 0.25) is 5.95 Å². The van der Waals surface area contributed by atoms with Crippen LogP contribution >= 0.6 is 0 Å². The van der Waals surface area contributed by atoms with Crippen molar-refractivity contribution in [2.75, 3.05) is 10.6 Å². The predicted molar refractivity (Wildman–Crippen MR) is 90.9 cm³/mol. The van der Waals surface area contributed by atoms with Gasteiger partial charge in [0.25, 0.3) is 0 Å². The summed E-state index contributed by atoms with van der Waals surface area (Å²) in [6, 6.07) is 13.5. The summed E-state index contributed by atoms with van der Waals surface area (Å²) in [5.41, 5.74) is 2.05. The van der Waals surface area contributed by atoms with Crippen molar-refractivity contribution >= 4 is 28.6 Å². The molecule has 0 amide bonds. The predicted octanol–water partition coefficient (Wildman–Crippen LogP) is 3.37. The van der Waals surface area contributed by atoms with Crippen LogP contribution < -0.4 is 10.6 Å². The van der Waals surface area contributed by atoms with E-state index in [1.165, 1.54) is 0 Å². The zero-order chi connectivity index (χ0) is 16.2. The molecule has 0 unspecified atom stereocenters. The molecule has 4 aromatic rings. The lowest BCUT2D eigenvalue weighted by molar-refractivity contribution is 0.517. The highest BCUT2D eigenvalue weighted by Crippen LogP contribution is 2.22. The Morgan fingerprint density at radius 1 is 0.917 bits per heavy atom. The number of para-hydroxylation sites is 1. The zero-order valence-corrected chi connectivity index (χ0v) is 12.7. The fourth-order valence-corrected chi connectivity index (χ4v) is 2.27. The van der Waals surface area contributed by atoms with Crippen molar-refractivity contribution in [1.82, 2.24) is 19.9 Å². The van der Waals surface area contributed by atoms with Crippen molar-refractivity contribution in [1.29, 1.82) is 0 Å². The van der Waals surface area contributed by atoms with Crippen LogP contribution in [0.5, 0.6) is 0 Å². The molecular formula is C17H14N6O. The van der Waals surface area contributed by atoms with Crippen molar-refractivity contribution in [2.24, 2.45) is 0 Å². The van der Waals surface area contributed by atoms with Gasteiger partial charge in [-0.2, -0.15) is 9.97 Å². The van der Waals surface area contributed by atoms with Crippen LogP contribution in [-0.4, -0.2) is 19.9 Å². The molecule has 0 bridgehead atoms. The van der Waals surface area contributed by atoms with E-state index < -0.39 is 0 Å². The molecule has 0 spiro atoms. The average molecular weight is 318 g/mol. The molecule has 0 aliphatic rings. The molecule has 0 aliphatic carbocycles. The first-order chi connectivity index (χ1) is 11.9. The largest absolute Gasteiger partial charge is 0.467 e. The summed E-state index contributed by atoms with van der Waals surface area (Å²) in [6.45, 7) is 0.490. The maximum Gasteiger partial charge on any atom is 0.227 e. The van der Waals surface area contributed by atoms with E-state index in [2.05, 4.69) is 30.6 Å². The zero-order valence-electron chi connectivity index (χ0n) is 12.7. The number of benzene rings is 1. The van der Waals surface area contributed by atoms with Gasteiger partial charge in [-0.3, -0.25) is 0 Å². The summed E-state index contributed by atoms with van der Waals surface area (Å²) < 4.78 is 5.31. The molecule has 7 nitrogen and oxygen atoms in total. The Hall–Kier alpha value is -3.48. The Bertz CT molecular complexity index is 940. The maximum atomic E-state index is 5.31. The molecule has 1 aromatic carbocycles. The number of nitrogens with zero attached hydrogens (tertiary/aromatic N) is 4. The molecule has 2 N–H and O–H groups in total. The van der Waals surface area contributed by atoms with Crippen LogP contribution in [0.4, 0.5) is 17.5 Å². The van der Waals surface area contributed by atoms with E-state index in [0.717, 1.165) is 11.4 Å². The lowest BCUT2D eigenvalue weighted by Gasteiger charge is -2.10. The highest BCUT2D eigenvalue weighted by atomic mass is 16.3. The lowest BCUT2D eigenvalue weighted by atomic mass is 10.3. The van der Waals surface area contributed by atoms with Gasteiger partial charge in [0, 0.05) is 18.1 Å². The second kappa shape index (κ2) is 6.33. The first-order valence-corrected chi connectivity index (χ1v) is 7.45. The molecule has 118 valence electrons. The van der Waals surface area contributed by atoms with Crippen molar-refractivity contribution in [3.63, 3.8) is 0 Å². The SMILES string of the molecule is c1ccc(Nc2nc(NCc3ccco3)nc3nccnc23)cc1. The third-order valence-corrected chi connectivity index (χ3v) is 3.37. The van der Waals surface area contributed by atoms with Gasteiger partial charge in [-0.1, -0.05) is 18.2 Å². The Kier molecular flexibility index (Phi) is 3.73. The van der Waals surface area contributed by atoms with Crippen molar-refractivity contribution in [3.05, 3.63) is 66.9 Å². The number of furan rings is 1. The van der Waals surface area contributed by atoms with E-state index in [1.807, 2.05) is 42.5 Å². The fourth-order valence-electron chi connectivity index (χ4n) is 2.27. The van der Waals surface area contributed by atoms with Crippen molar-refractivity contribution < 1.29 is 4.42 Å². The summed E-state index contributed by atoms with van der Waals surface area (Å²) >= 11 is 0. The Labute approximate surface area is 137 Å². The number of rotatable bonds is 5. The number of nitrogens with one attached hydrogen (secondary N) is 2. The molecule has 24 heavy (non-hydrogen) atoms. The van der Waals surface area contributed by atoms with Gasteiger partial charge in [-0.15, -0.1) is 0 Å². The van der Waals surface area contributed by atoms with Crippen LogP contribution in [0.25, 0.3) is 11.2 Å². The fraction of sp³-hybridized carbons (Fsp3) is 0.0588. The second-order valence-electron chi connectivity index (χ2n) is 5.05. The van der Waals surface area contributed by atoms with E-state index in [1.54, 1.807) is 18.7 Å². The third-order valence-electron chi connectivity index (χ3n) is 3.37. The van der Waals surface area contributed by atoms with Gasteiger partial charge in [0.05, 0.1) is 12.8 Å².